The van der Waals surface area contributed by atoms with Gasteiger partial charge >= 0.3 is 0 Å². The van der Waals surface area contributed by atoms with Gasteiger partial charge in [-0.25, -0.2) is 0 Å². The highest BCUT2D eigenvalue weighted by molar-refractivity contribution is 7.07. The quantitative estimate of drug-likeness (QED) is 0.796. The van der Waals surface area contributed by atoms with Crippen LogP contribution in [0.15, 0.2) is 16.8 Å². The van der Waals surface area contributed by atoms with Crippen molar-refractivity contribution < 1.29 is 4.79 Å². The van der Waals surface area contributed by atoms with Gasteiger partial charge < -0.3 is 10.6 Å². The van der Waals surface area contributed by atoms with E-state index in [-0.39, 0.29) is 5.91 Å². The average Bonchev–Trinajstić information content (AvgIpc) is 2.86. The lowest BCUT2D eigenvalue weighted by molar-refractivity contribution is -0.130. The molecule has 0 aliphatic carbocycles. The maximum absolute atomic E-state index is 12.1. The molecule has 1 rings (SSSR count). The zero-order valence-electron chi connectivity index (χ0n) is 12.3. The molecular weight excluding hydrogens is 256 g/mol. The fourth-order valence-electron chi connectivity index (χ4n) is 2.27. The van der Waals surface area contributed by atoms with Crippen LogP contribution in [-0.4, -0.2) is 24.4 Å². The van der Waals surface area contributed by atoms with Crippen LogP contribution in [-0.2, 0) is 11.3 Å². The molecule has 1 aromatic heterocycles. The zero-order valence-corrected chi connectivity index (χ0v) is 13.1. The molecule has 0 aliphatic heterocycles. The van der Waals surface area contributed by atoms with Crippen LogP contribution in [0.5, 0.6) is 0 Å². The fraction of sp³-hybridized carbons (Fsp3) is 0.667. The van der Waals surface area contributed by atoms with Crippen LogP contribution in [0, 0.1) is 11.8 Å². The molecule has 1 aromatic rings. The summed E-state index contributed by atoms with van der Waals surface area (Å²) in [5, 5.41) is 4.14. The molecule has 108 valence electrons. The van der Waals surface area contributed by atoms with E-state index >= 15 is 0 Å². The number of rotatable bonds is 8. The van der Waals surface area contributed by atoms with E-state index in [1.165, 1.54) is 5.56 Å². The topological polar surface area (TPSA) is 46.3 Å². The Kier molecular flexibility index (Phi) is 7.10. The van der Waals surface area contributed by atoms with Crippen LogP contribution in [0.4, 0.5) is 0 Å². The summed E-state index contributed by atoms with van der Waals surface area (Å²) in [6.45, 7) is 5.84. The lowest BCUT2D eigenvalue weighted by Gasteiger charge is -2.22. The largest absolute Gasteiger partial charge is 0.341 e. The molecule has 1 atom stereocenters. The summed E-state index contributed by atoms with van der Waals surface area (Å²) < 4.78 is 0. The second kappa shape index (κ2) is 8.33. The Labute approximate surface area is 120 Å². The number of nitrogens with zero attached hydrogens (tertiary/aromatic N) is 1. The van der Waals surface area contributed by atoms with Crippen molar-refractivity contribution in [3.8, 4) is 0 Å². The maximum Gasteiger partial charge on any atom is 0.222 e. The molecule has 0 spiro atoms. The number of amides is 1. The lowest BCUT2D eigenvalue weighted by atomic mass is 9.88. The normalized spacial score (nSPS) is 12.7. The number of hydrogen-bond acceptors (Lipinski definition) is 3. The molecule has 19 heavy (non-hydrogen) atoms. The van der Waals surface area contributed by atoms with Crippen molar-refractivity contribution in [3.63, 3.8) is 0 Å². The van der Waals surface area contributed by atoms with Gasteiger partial charge in [0.15, 0.2) is 0 Å². The van der Waals surface area contributed by atoms with E-state index in [4.69, 9.17) is 5.73 Å². The number of hydrogen-bond donors (Lipinski definition) is 1. The highest BCUT2D eigenvalue weighted by atomic mass is 32.1. The highest BCUT2D eigenvalue weighted by Crippen LogP contribution is 2.21. The van der Waals surface area contributed by atoms with Crippen molar-refractivity contribution in [2.45, 2.75) is 39.7 Å². The van der Waals surface area contributed by atoms with E-state index in [1.807, 2.05) is 17.3 Å². The molecule has 0 aromatic carbocycles. The monoisotopic (exact) mass is 282 g/mol. The molecule has 1 heterocycles. The van der Waals surface area contributed by atoms with E-state index in [9.17, 15) is 4.79 Å². The minimum atomic E-state index is 0.230. The van der Waals surface area contributed by atoms with Crippen molar-refractivity contribution in [3.05, 3.63) is 22.4 Å². The lowest BCUT2D eigenvalue weighted by Crippen LogP contribution is -2.27. The summed E-state index contributed by atoms with van der Waals surface area (Å²) in [4.78, 5) is 13.9. The Morgan fingerprint density at radius 2 is 2.16 bits per heavy atom. The first-order valence-corrected chi connectivity index (χ1v) is 7.94. The van der Waals surface area contributed by atoms with Crippen LogP contribution in [0.25, 0.3) is 0 Å². The third-order valence-electron chi connectivity index (χ3n) is 3.63. The van der Waals surface area contributed by atoms with Gasteiger partial charge in [0.2, 0.25) is 5.91 Å². The summed E-state index contributed by atoms with van der Waals surface area (Å²) in [6, 6.07) is 2.07. The van der Waals surface area contributed by atoms with E-state index in [0.717, 1.165) is 12.8 Å². The average molecular weight is 282 g/mol. The minimum absolute atomic E-state index is 0.230. The molecule has 0 aliphatic rings. The van der Waals surface area contributed by atoms with Crippen molar-refractivity contribution >= 4 is 17.2 Å². The van der Waals surface area contributed by atoms with E-state index in [0.29, 0.717) is 31.3 Å². The van der Waals surface area contributed by atoms with Crippen molar-refractivity contribution in [1.29, 1.82) is 0 Å². The van der Waals surface area contributed by atoms with Gasteiger partial charge in [0, 0.05) is 20.0 Å². The van der Waals surface area contributed by atoms with Gasteiger partial charge in [-0.2, -0.15) is 11.3 Å². The number of thiophene rings is 1. The first-order chi connectivity index (χ1) is 9.04. The van der Waals surface area contributed by atoms with E-state index < -0.39 is 0 Å². The Bertz CT molecular complexity index is 362. The molecule has 4 heteroatoms. The van der Waals surface area contributed by atoms with E-state index in [1.54, 1.807) is 11.3 Å². The molecule has 0 bridgehead atoms. The van der Waals surface area contributed by atoms with Gasteiger partial charge in [-0.3, -0.25) is 4.79 Å². The number of carbonyl (C=O) groups is 1. The smallest absolute Gasteiger partial charge is 0.222 e. The van der Waals surface area contributed by atoms with Crippen LogP contribution in [0.2, 0.25) is 0 Å². The Hall–Kier alpha value is -0.870. The first kappa shape index (κ1) is 16.2. The Balaban J connectivity index is 2.36. The standard InChI is InChI=1S/C15H26N2OS/c1-12(2)14(6-8-16)4-5-15(18)17(3)10-13-7-9-19-11-13/h7,9,11-12,14H,4-6,8,10,16H2,1-3H3. The molecular formula is C15H26N2OS. The predicted molar refractivity (Wildman–Crippen MR) is 82.0 cm³/mol. The van der Waals surface area contributed by atoms with Gasteiger partial charge in [0.05, 0.1) is 0 Å². The molecule has 0 fully saturated rings. The molecule has 0 saturated carbocycles. The molecule has 0 radical (unpaired) electrons. The molecule has 1 unspecified atom stereocenters. The second-order valence-electron chi connectivity index (χ2n) is 5.50. The summed E-state index contributed by atoms with van der Waals surface area (Å²) in [7, 11) is 1.88. The second-order valence-corrected chi connectivity index (χ2v) is 6.28. The predicted octanol–water partition coefficient (Wildman–Crippen LogP) is 3.11. The summed E-state index contributed by atoms with van der Waals surface area (Å²) >= 11 is 1.67. The Morgan fingerprint density at radius 1 is 1.42 bits per heavy atom. The van der Waals surface area contributed by atoms with Crippen molar-refractivity contribution in [2.24, 2.45) is 17.6 Å². The summed E-state index contributed by atoms with van der Waals surface area (Å²) in [5.41, 5.74) is 6.84. The third-order valence-corrected chi connectivity index (χ3v) is 4.37. The minimum Gasteiger partial charge on any atom is -0.341 e. The Morgan fingerprint density at radius 3 is 2.68 bits per heavy atom. The third kappa shape index (κ3) is 5.74. The SMILES string of the molecule is CC(C)C(CCN)CCC(=O)N(C)Cc1ccsc1. The first-order valence-electron chi connectivity index (χ1n) is 6.99. The maximum atomic E-state index is 12.1. The summed E-state index contributed by atoms with van der Waals surface area (Å²) in [5.74, 6) is 1.39. The molecule has 0 saturated heterocycles. The molecule has 2 N–H and O–H groups in total. The van der Waals surface area contributed by atoms with Crippen LogP contribution in [0.3, 0.4) is 0 Å². The van der Waals surface area contributed by atoms with Crippen LogP contribution in [0.1, 0.15) is 38.7 Å². The highest BCUT2D eigenvalue weighted by Gasteiger charge is 2.16. The van der Waals surface area contributed by atoms with Crippen molar-refractivity contribution in [1.82, 2.24) is 4.90 Å². The van der Waals surface area contributed by atoms with Crippen LogP contribution < -0.4 is 5.73 Å². The van der Waals surface area contributed by atoms with Gasteiger partial charge in [-0.15, -0.1) is 0 Å². The van der Waals surface area contributed by atoms with Crippen LogP contribution >= 0.6 is 11.3 Å². The van der Waals surface area contributed by atoms with E-state index in [2.05, 4.69) is 25.3 Å². The molecule has 3 nitrogen and oxygen atoms in total. The van der Waals surface area contributed by atoms with Gasteiger partial charge in [-0.1, -0.05) is 13.8 Å². The van der Waals surface area contributed by atoms with Gasteiger partial charge in [0.1, 0.15) is 0 Å². The zero-order chi connectivity index (χ0) is 14.3. The van der Waals surface area contributed by atoms with Gasteiger partial charge in [0.25, 0.3) is 0 Å². The van der Waals surface area contributed by atoms with Gasteiger partial charge in [-0.05, 0) is 53.6 Å². The van der Waals surface area contributed by atoms with Crippen molar-refractivity contribution in [2.75, 3.05) is 13.6 Å². The summed E-state index contributed by atoms with van der Waals surface area (Å²) in [6.07, 6.45) is 2.59. The molecule has 1 amide bonds. The number of carbonyl (C=O) groups excluding carboxylic acids is 1. The fourth-order valence-corrected chi connectivity index (χ4v) is 2.93. The number of nitrogens with two attached hydrogens (primary N) is 1.